The molecule has 0 aliphatic carbocycles. The van der Waals surface area contributed by atoms with Gasteiger partial charge in [0.15, 0.2) is 0 Å². The molecule has 19 heavy (non-hydrogen) atoms. The zero-order valence-corrected chi connectivity index (χ0v) is 12.5. The summed E-state index contributed by atoms with van der Waals surface area (Å²) in [7, 11) is 0. The van der Waals surface area contributed by atoms with Crippen molar-refractivity contribution in [2.75, 3.05) is 0 Å². The lowest BCUT2D eigenvalue weighted by atomic mass is 10.1. The number of rotatable bonds is 5. The minimum atomic E-state index is 0.438. The van der Waals surface area contributed by atoms with Gasteiger partial charge >= 0.3 is 0 Å². The molecular weight excluding hydrogens is 258 g/mol. The SMILES string of the molecule is Cc1cc(C)cc(Oc2nnc(CNC(C)C)s2)c1. The van der Waals surface area contributed by atoms with Crippen molar-refractivity contribution in [1.82, 2.24) is 15.5 Å². The zero-order valence-electron chi connectivity index (χ0n) is 11.7. The summed E-state index contributed by atoms with van der Waals surface area (Å²) < 4.78 is 5.74. The van der Waals surface area contributed by atoms with Crippen LogP contribution < -0.4 is 10.1 Å². The van der Waals surface area contributed by atoms with E-state index in [1.165, 1.54) is 22.5 Å². The molecule has 1 aromatic heterocycles. The molecule has 1 aromatic carbocycles. The molecule has 2 aromatic rings. The van der Waals surface area contributed by atoms with E-state index in [0.29, 0.717) is 11.2 Å². The van der Waals surface area contributed by atoms with E-state index in [4.69, 9.17) is 4.74 Å². The lowest BCUT2D eigenvalue weighted by Gasteiger charge is -2.04. The molecule has 0 amide bonds. The fourth-order valence-corrected chi connectivity index (χ4v) is 2.39. The van der Waals surface area contributed by atoms with Gasteiger partial charge in [-0.2, -0.15) is 0 Å². The molecule has 0 spiro atoms. The molecule has 0 atom stereocenters. The monoisotopic (exact) mass is 277 g/mol. The minimum Gasteiger partial charge on any atom is -0.430 e. The maximum absolute atomic E-state index is 5.74. The van der Waals surface area contributed by atoms with Gasteiger partial charge in [-0.1, -0.05) is 36.3 Å². The number of hydrogen-bond donors (Lipinski definition) is 1. The quantitative estimate of drug-likeness (QED) is 0.909. The first kappa shape index (κ1) is 14.0. The van der Waals surface area contributed by atoms with Crippen molar-refractivity contribution in [3.8, 4) is 10.9 Å². The van der Waals surface area contributed by atoms with Crippen LogP contribution in [-0.4, -0.2) is 16.2 Å². The Hall–Kier alpha value is -1.46. The molecule has 0 radical (unpaired) electrons. The molecule has 0 saturated carbocycles. The predicted molar refractivity (Wildman–Crippen MR) is 77.9 cm³/mol. The first-order valence-corrected chi connectivity index (χ1v) is 7.16. The van der Waals surface area contributed by atoms with Crippen LogP contribution in [0.3, 0.4) is 0 Å². The van der Waals surface area contributed by atoms with Gasteiger partial charge < -0.3 is 10.1 Å². The lowest BCUT2D eigenvalue weighted by molar-refractivity contribution is 0.472. The van der Waals surface area contributed by atoms with Gasteiger partial charge in [-0.05, 0) is 37.1 Å². The number of hydrogen-bond acceptors (Lipinski definition) is 5. The third-order valence-electron chi connectivity index (χ3n) is 2.51. The Morgan fingerprint density at radius 3 is 2.47 bits per heavy atom. The minimum absolute atomic E-state index is 0.438. The number of benzene rings is 1. The average Bonchev–Trinajstić information content (AvgIpc) is 2.72. The van der Waals surface area contributed by atoms with Crippen LogP contribution in [0.1, 0.15) is 30.0 Å². The largest absolute Gasteiger partial charge is 0.430 e. The summed E-state index contributed by atoms with van der Waals surface area (Å²) in [4.78, 5) is 0. The van der Waals surface area contributed by atoms with E-state index < -0.39 is 0 Å². The molecule has 2 rings (SSSR count). The van der Waals surface area contributed by atoms with Gasteiger partial charge in [0.05, 0.1) is 6.54 Å². The molecule has 0 unspecified atom stereocenters. The van der Waals surface area contributed by atoms with Gasteiger partial charge in [0.1, 0.15) is 10.8 Å². The summed E-state index contributed by atoms with van der Waals surface area (Å²) in [6, 6.07) is 6.55. The highest BCUT2D eigenvalue weighted by Crippen LogP contribution is 2.26. The van der Waals surface area contributed by atoms with Crippen LogP contribution >= 0.6 is 11.3 Å². The number of ether oxygens (including phenoxy) is 1. The van der Waals surface area contributed by atoms with E-state index in [1.807, 2.05) is 12.1 Å². The van der Waals surface area contributed by atoms with Crippen molar-refractivity contribution in [3.05, 3.63) is 34.3 Å². The summed E-state index contributed by atoms with van der Waals surface area (Å²) >= 11 is 1.47. The molecule has 4 nitrogen and oxygen atoms in total. The van der Waals surface area contributed by atoms with E-state index in [-0.39, 0.29) is 0 Å². The Labute approximate surface area is 117 Å². The Morgan fingerprint density at radius 2 is 1.84 bits per heavy atom. The third kappa shape index (κ3) is 4.29. The van der Waals surface area contributed by atoms with Crippen molar-refractivity contribution < 1.29 is 4.74 Å². The predicted octanol–water partition coefficient (Wildman–Crippen LogP) is 3.45. The zero-order chi connectivity index (χ0) is 13.8. The molecular formula is C14H19N3OS. The molecule has 1 N–H and O–H groups in total. The second-order valence-electron chi connectivity index (χ2n) is 4.92. The highest BCUT2D eigenvalue weighted by atomic mass is 32.1. The summed E-state index contributed by atoms with van der Waals surface area (Å²) in [6.45, 7) is 9.05. The molecule has 0 saturated heterocycles. The highest BCUT2D eigenvalue weighted by Gasteiger charge is 2.07. The molecule has 1 heterocycles. The summed E-state index contributed by atoms with van der Waals surface area (Å²) in [5, 5.41) is 13.0. The standard InChI is InChI=1S/C14H19N3OS/c1-9(2)15-8-13-16-17-14(19-13)18-12-6-10(3)5-11(4)7-12/h5-7,9,15H,8H2,1-4H3. The van der Waals surface area contributed by atoms with E-state index in [9.17, 15) is 0 Å². The Bertz CT molecular complexity index is 531. The van der Waals surface area contributed by atoms with Crippen LogP contribution in [0.4, 0.5) is 0 Å². The van der Waals surface area contributed by atoms with Crippen LogP contribution in [0, 0.1) is 13.8 Å². The molecule has 102 valence electrons. The second-order valence-corrected chi connectivity index (χ2v) is 5.95. The van der Waals surface area contributed by atoms with E-state index >= 15 is 0 Å². The summed E-state index contributed by atoms with van der Waals surface area (Å²) in [5.41, 5.74) is 2.36. The average molecular weight is 277 g/mol. The number of nitrogens with one attached hydrogen (secondary N) is 1. The molecule has 0 aliphatic heterocycles. The van der Waals surface area contributed by atoms with E-state index in [0.717, 1.165) is 17.3 Å². The highest BCUT2D eigenvalue weighted by molar-refractivity contribution is 7.13. The smallest absolute Gasteiger partial charge is 0.299 e. The maximum atomic E-state index is 5.74. The summed E-state index contributed by atoms with van der Waals surface area (Å²) in [5.74, 6) is 0.817. The van der Waals surface area contributed by atoms with E-state index in [1.54, 1.807) is 0 Å². The fourth-order valence-electron chi connectivity index (χ4n) is 1.73. The van der Waals surface area contributed by atoms with Crippen molar-refractivity contribution in [2.24, 2.45) is 0 Å². The molecule has 0 fully saturated rings. The first-order valence-electron chi connectivity index (χ1n) is 6.35. The molecule has 0 bridgehead atoms. The van der Waals surface area contributed by atoms with Crippen LogP contribution in [0.15, 0.2) is 18.2 Å². The van der Waals surface area contributed by atoms with Crippen LogP contribution in [0.25, 0.3) is 0 Å². The topological polar surface area (TPSA) is 47.0 Å². The van der Waals surface area contributed by atoms with Crippen LogP contribution in [-0.2, 0) is 6.54 Å². The Morgan fingerprint density at radius 1 is 1.16 bits per heavy atom. The van der Waals surface area contributed by atoms with Gasteiger partial charge in [0.2, 0.25) is 0 Å². The first-order chi connectivity index (χ1) is 9.02. The van der Waals surface area contributed by atoms with Gasteiger partial charge in [-0.15, -0.1) is 5.10 Å². The maximum Gasteiger partial charge on any atom is 0.299 e. The normalized spacial score (nSPS) is 11.0. The molecule has 5 heteroatoms. The fraction of sp³-hybridized carbons (Fsp3) is 0.429. The van der Waals surface area contributed by atoms with Crippen LogP contribution in [0.5, 0.6) is 10.9 Å². The van der Waals surface area contributed by atoms with Gasteiger partial charge in [0, 0.05) is 6.04 Å². The Balaban J connectivity index is 2.03. The van der Waals surface area contributed by atoms with Crippen molar-refractivity contribution in [2.45, 2.75) is 40.3 Å². The van der Waals surface area contributed by atoms with Crippen molar-refractivity contribution in [1.29, 1.82) is 0 Å². The van der Waals surface area contributed by atoms with Gasteiger partial charge in [-0.25, -0.2) is 0 Å². The molecule has 0 aliphatic rings. The number of nitrogens with zero attached hydrogens (tertiary/aromatic N) is 2. The van der Waals surface area contributed by atoms with E-state index in [2.05, 4.69) is 49.3 Å². The lowest BCUT2D eigenvalue weighted by Crippen LogP contribution is -2.21. The van der Waals surface area contributed by atoms with Gasteiger partial charge in [0.25, 0.3) is 5.19 Å². The third-order valence-corrected chi connectivity index (χ3v) is 3.31. The summed E-state index contributed by atoms with van der Waals surface area (Å²) in [6.07, 6.45) is 0. The van der Waals surface area contributed by atoms with Crippen molar-refractivity contribution in [3.63, 3.8) is 0 Å². The number of aryl methyl sites for hydroxylation is 2. The Kier molecular flexibility index (Phi) is 4.50. The van der Waals surface area contributed by atoms with Crippen molar-refractivity contribution >= 4 is 11.3 Å². The second kappa shape index (κ2) is 6.12. The number of aromatic nitrogens is 2. The van der Waals surface area contributed by atoms with Gasteiger partial charge in [-0.3, -0.25) is 0 Å². The van der Waals surface area contributed by atoms with Crippen LogP contribution in [0.2, 0.25) is 0 Å².